The average molecular weight is 231 g/mol. The molecule has 0 saturated heterocycles. The van der Waals surface area contributed by atoms with Gasteiger partial charge in [0.2, 0.25) is 11.8 Å². The van der Waals surface area contributed by atoms with Gasteiger partial charge < -0.3 is 21.9 Å². The maximum Gasteiger partial charge on any atom is 0.326 e. The van der Waals surface area contributed by atoms with Crippen molar-refractivity contribution < 1.29 is 19.5 Å². The van der Waals surface area contributed by atoms with Crippen LogP contribution in [0.4, 0.5) is 0 Å². The highest BCUT2D eigenvalue weighted by molar-refractivity contribution is 5.88. The van der Waals surface area contributed by atoms with Crippen LogP contribution >= 0.6 is 0 Å². The SMILES string of the molecule is NCCCCC(=O)N[C@@H](CC(N)=O)C(=O)O. The molecule has 0 unspecified atom stereocenters. The third-order valence-corrected chi connectivity index (χ3v) is 1.90. The van der Waals surface area contributed by atoms with Crippen molar-refractivity contribution in [3.8, 4) is 0 Å². The number of carbonyl (C=O) groups excluding carboxylic acids is 2. The quantitative estimate of drug-likeness (QED) is 0.379. The zero-order valence-electron chi connectivity index (χ0n) is 8.94. The maximum atomic E-state index is 11.2. The van der Waals surface area contributed by atoms with E-state index >= 15 is 0 Å². The molecule has 0 rings (SSSR count). The van der Waals surface area contributed by atoms with Gasteiger partial charge in [0, 0.05) is 6.42 Å². The number of unbranched alkanes of at least 4 members (excludes halogenated alkanes) is 1. The highest BCUT2D eigenvalue weighted by atomic mass is 16.4. The molecule has 0 fully saturated rings. The highest BCUT2D eigenvalue weighted by Gasteiger charge is 2.21. The van der Waals surface area contributed by atoms with Crippen LogP contribution in [0.1, 0.15) is 25.7 Å². The first-order valence-corrected chi connectivity index (χ1v) is 4.98. The monoisotopic (exact) mass is 231 g/mol. The van der Waals surface area contributed by atoms with Crippen LogP contribution in [0.15, 0.2) is 0 Å². The zero-order valence-corrected chi connectivity index (χ0v) is 8.94. The molecule has 6 N–H and O–H groups in total. The van der Waals surface area contributed by atoms with Gasteiger partial charge in [0.15, 0.2) is 0 Å². The number of primary amides is 1. The minimum absolute atomic E-state index is 0.194. The lowest BCUT2D eigenvalue weighted by molar-refractivity contribution is -0.143. The van der Waals surface area contributed by atoms with E-state index in [2.05, 4.69) is 5.32 Å². The number of hydrogen-bond donors (Lipinski definition) is 4. The first-order valence-electron chi connectivity index (χ1n) is 4.98. The molecule has 0 spiro atoms. The second-order valence-corrected chi connectivity index (χ2v) is 3.37. The number of amides is 2. The van der Waals surface area contributed by atoms with Gasteiger partial charge in [0.25, 0.3) is 0 Å². The zero-order chi connectivity index (χ0) is 12.6. The van der Waals surface area contributed by atoms with Crippen molar-refractivity contribution in [1.82, 2.24) is 5.32 Å². The Morgan fingerprint density at radius 2 is 1.88 bits per heavy atom. The van der Waals surface area contributed by atoms with Crippen LogP contribution in [-0.4, -0.2) is 35.5 Å². The summed E-state index contributed by atoms with van der Waals surface area (Å²) >= 11 is 0. The molecule has 0 bridgehead atoms. The Bertz CT molecular complexity index is 267. The fourth-order valence-corrected chi connectivity index (χ4v) is 1.10. The van der Waals surface area contributed by atoms with Crippen LogP contribution < -0.4 is 16.8 Å². The molecule has 0 aliphatic rings. The van der Waals surface area contributed by atoms with Crippen LogP contribution in [0.2, 0.25) is 0 Å². The number of nitrogens with one attached hydrogen (secondary N) is 1. The molecule has 0 aromatic rings. The molecule has 0 aliphatic heterocycles. The van der Waals surface area contributed by atoms with Crippen molar-refractivity contribution in [2.45, 2.75) is 31.7 Å². The van der Waals surface area contributed by atoms with Gasteiger partial charge in [-0.3, -0.25) is 9.59 Å². The van der Waals surface area contributed by atoms with E-state index < -0.39 is 30.2 Å². The lowest BCUT2D eigenvalue weighted by atomic mass is 10.1. The van der Waals surface area contributed by atoms with Gasteiger partial charge in [-0.25, -0.2) is 4.79 Å². The largest absolute Gasteiger partial charge is 0.480 e. The van der Waals surface area contributed by atoms with E-state index in [1.165, 1.54) is 0 Å². The summed E-state index contributed by atoms with van der Waals surface area (Å²) in [7, 11) is 0. The molecular weight excluding hydrogens is 214 g/mol. The fourth-order valence-electron chi connectivity index (χ4n) is 1.10. The summed E-state index contributed by atoms with van der Waals surface area (Å²) in [5.74, 6) is -2.46. The molecule has 0 aliphatic carbocycles. The van der Waals surface area contributed by atoms with Crippen molar-refractivity contribution in [2.75, 3.05) is 6.54 Å². The van der Waals surface area contributed by atoms with Crippen molar-refractivity contribution in [2.24, 2.45) is 11.5 Å². The first-order chi connectivity index (χ1) is 7.47. The summed E-state index contributed by atoms with van der Waals surface area (Å²) in [4.78, 5) is 32.5. The van der Waals surface area contributed by atoms with Crippen LogP contribution in [0, 0.1) is 0 Å². The number of carbonyl (C=O) groups is 3. The number of carboxylic acids is 1. The number of hydrogen-bond acceptors (Lipinski definition) is 4. The number of nitrogens with two attached hydrogens (primary N) is 2. The molecule has 0 radical (unpaired) electrons. The summed E-state index contributed by atoms with van der Waals surface area (Å²) in [6.07, 6.45) is 1.07. The van der Waals surface area contributed by atoms with Gasteiger partial charge in [0.1, 0.15) is 6.04 Å². The van der Waals surface area contributed by atoms with E-state index in [0.29, 0.717) is 19.4 Å². The molecule has 2 amide bonds. The van der Waals surface area contributed by atoms with Crippen molar-refractivity contribution in [3.05, 3.63) is 0 Å². The Labute approximate surface area is 93.2 Å². The molecular formula is C9H17N3O4. The lowest BCUT2D eigenvalue weighted by Crippen LogP contribution is -2.43. The summed E-state index contributed by atoms with van der Waals surface area (Å²) < 4.78 is 0. The first kappa shape index (κ1) is 14.4. The number of carboxylic acid groups (broad SMARTS) is 1. The fraction of sp³-hybridized carbons (Fsp3) is 0.667. The summed E-state index contributed by atoms with van der Waals surface area (Å²) in [5, 5.41) is 10.9. The predicted molar refractivity (Wildman–Crippen MR) is 56.3 cm³/mol. The van der Waals surface area contributed by atoms with Crippen molar-refractivity contribution in [1.29, 1.82) is 0 Å². The summed E-state index contributed by atoms with van der Waals surface area (Å²) in [5.41, 5.74) is 10.1. The Kier molecular flexibility index (Phi) is 6.86. The Morgan fingerprint density at radius 1 is 1.25 bits per heavy atom. The minimum Gasteiger partial charge on any atom is -0.480 e. The van der Waals surface area contributed by atoms with Gasteiger partial charge in [0.05, 0.1) is 6.42 Å². The molecule has 0 aromatic carbocycles. The molecule has 0 aromatic heterocycles. The van der Waals surface area contributed by atoms with Gasteiger partial charge in [-0.1, -0.05) is 0 Å². The van der Waals surface area contributed by atoms with Crippen LogP contribution in [0.5, 0.6) is 0 Å². The maximum absolute atomic E-state index is 11.2. The van der Waals surface area contributed by atoms with Gasteiger partial charge in [-0.05, 0) is 19.4 Å². The molecule has 1 atom stereocenters. The Balaban J connectivity index is 4.03. The second-order valence-electron chi connectivity index (χ2n) is 3.37. The van der Waals surface area contributed by atoms with Gasteiger partial charge >= 0.3 is 5.97 Å². The second kappa shape index (κ2) is 7.63. The van der Waals surface area contributed by atoms with Crippen LogP contribution in [-0.2, 0) is 14.4 Å². The smallest absolute Gasteiger partial charge is 0.326 e. The summed E-state index contributed by atoms with van der Waals surface area (Å²) in [6.45, 7) is 0.483. The summed E-state index contributed by atoms with van der Waals surface area (Å²) in [6, 6.07) is -1.25. The molecule has 0 saturated carbocycles. The van der Waals surface area contributed by atoms with Crippen molar-refractivity contribution >= 4 is 17.8 Å². The predicted octanol–water partition coefficient (Wildman–Crippen LogP) is -1.44. The van der Waals surface area contributed by atoms with E-state index in [1.807, 2.05) is 0 Å². The number of aliphatic carboxylic acids is 1. The van der Waals surface area contributed by atoms with E-state index in [0.717, 1.165) is 0 Å². The topological polar surface area (TPSA) is 136 Å². The minimum atomic E-state index is -1.27. The molecule has 0 heterocycles. The lowest BCUT2D eigenvalue weighted by Gasteiger charge is -2.12. The van der Waals surface area contributed by atoms with E-state index in [4.69, 9.17) is 16.6 Å². The molecule has 16 heavy (non-hydrogen) atoms. The molecule has 7 nitrogen and oxygen atoms in total. The van der Waals surface area contributed by atoms with Gasteiger partial charge in [-0.2, -0.15) is 0 Å². The average Bonchev–Trinajstić information content (AvgIpc) is 2.16. The Morgan fingerprint density at radius 3 is 2.31 bits per heavy atom. The van der Waals surface area contributed by atoms with Crippen LogP contribution in [0.3, 0.4) is 0 Å². The molecule has 92 valence electrons. The molecule has 7 heteroatoms. The number of rotatable bonds is 8. The third-order valence-electron chi connectivity index (χ3n) is 1.90. The van der Waals surface area contributed by atoms with E-state index in [9.17, 15) is 14.4 Å². The normalized spacial score (nSPS) is 11.8. The van der Waals surface area contributed by atoms with Crippen LogP contribution in [0.25, 0.3) is 0 Å². The van der Waals surface area contributed by atoms with Crippen molar-refractivity contribution in [3.63, 3.8) is 0 Å². The standard InChI is InChI=1S/C9H17N3O4/c10-4-2-1-3-8(14)12-6(9(15)16)5-7(11)13/h6H,1-5,10H2,(H2,11,13)(H,12,14)(H,15,16)/t6-/m0/s1. The van der Waals surface area contributed by atoms with E-state index in [1.54, 1.807) is 0 Å². The van der Waals surface area contributed by atoms with E-state index in [-0.39, 0.29) is 6.42 Å². The van der Waals surface area contributed by atoms with Gasteiger partial charge in [-0.15, -0.1) is 0 Å². The third kappa shape index (κ3) is 6.77. The Hall–Kier alpha value is -1.63. The highest BCUT2D eigenvalue weighted by Crippen LogP contribution is 1.97.